The molecule has 0 aliphatic heterocycles. The van der Waals surface area contributed by atoms with Crippen molar-refractivity contribution in [3.8, 4) is 6.07 Å². The quantitative estimate of drug-likeness (QED) is 0.841. The molecule has 2 rings (SSSR count). The molecule has 0 aliphatic rings. The fourth-order valence-corrected chi connectivity index (χ4v) is 2.42. The number of furan rings is 1. The molecule has 21 heavy (non-hydrogen) atoms. The lowest BCUT2D eigenvalue weighted by Crippen LogP contribution is -2.14. The van der Waals surface area contributed by atoms with Gasteiger partial charge in [-0.05, 0) is 19.9 Å². The summed E-state index contributed by atoms with van der Waals surface area (Å²) in [4.78, 5) is 16.6. The van der Waals surface area contributed by atoms with Crippen LogP contribution in [0.15, 0.2) is 27.8 Å². The van der Waals surface area contributed by atoms with Gasteiger partial charge in [0.1, 0.15) is 17.4 Å². The SMILES string of the molecule is Cc1oc(NC(=O)CSc2ccncc2N)c(C#N)c1C. The molecule has 0 saturated heterocycles. The number of carbonyl (C=O) groups is 1. The first kappa shape index (κ1) is 14.9. The number of anilines is 2. The minimum absolute atomic E-state index is 0.165. The number of nitrogen functional groups attached to an aromatic ring is 1. The number of nitriles is 1. The molecule has 0 bridgehead atoms. The average molecular weight is 302 g/mol. The Hall–Kier alpha value is -2.46. The molecule has 0 aliphatic carbocycles. The normalized spacial score (nSPS) is 10.1. The van der Waals surface area contributed by atoms with Crippen LogP contribution in [0.1, 0.15) is 16.9 Å². The van der Waals surface area contributed by atoms with E-state index in [1.807, 2.05) is 6.07 Å². The number of nitrogens with zero attached hydrogens (tertiary/aromatic N) is 2. The molecule has 0 fully saturated rings. The summed E-state index contributed by atoms with van der Waals surface area (Å²) in [6, 6.07) is 3.77. The van der Waals surface area contributed by atoms with Gasteiger partial charge in [-0.2, -0.15) is 5.26 Å². The van der Waals surface area contributed by atoms with Crippen LogP contribution < -0.4 is 11.1 Å². The van der Waals surface area contributed by atoms with Gasteiger partial charge in [0.25, 0.3) is 0 Å². The summed E-state index contributed by atoms with van der Waals surface area (Å²) < 4.78 is 5.38. The van der Waals surface area contributed by atoms with Gasteiger partial charge >= 0.3 is 0 Å². The van der Waals surface area contributed by atoms with Crippen LogP contribution in [0, 0.1) is 25.2 Å². The van der Waals surface area contributed by atoms with E-state index in [9.17, 15) is 4.79 Å². The molecule has 2 heterocycles. The van der Waals surface area contributed by atoms with Crippen LogP contribution in [0.3, 0.4) is 0 Å². The second kappa shape index (κ2) is 6.33. The molecule has 0 saturated carbocycles. The van der Waals surface area contributed by atoms with Crippen molar-refractivity contribution in [1.82, 2.24) is 4.98 Å². The Bertz CT molecular complexity index is 718. The number of thioether (sulfide) groups is 1. The summed E-state index contributed by atoms with van der Waals surface area (Å²) in [6.07, 6.45) is 3.15. The minimum Gasteiger partial charge on any atom is -0.444 e. The fourth-order valence-electron chi connectivity index (χ4n) is 1.68. The Balaban J connectivity index is 2.02. The standard InChI is InChI=1S/C14H14N4O2S/c1-8-9(2)20-14(10(8)5-15)18-13(19)7-21-12-3-4-17-6-11(12)16/h3-4,6H,7,16H2,1-2H3,(H,18,19). The molecule has 7 heteroatoms. The zero-order valence-corrected chi connectivity index (χ0v) is 12.5. The van der Waals surface area contributed by atoms with Crippen molar-refractivity contribution >= 4 is 29.2 Å². The molecule has 1 amide bonds. The van der Waals surface area contributed by atoms with E-state index in [0.29, 0.717) is 17.0 Å². The van der Waals surface area contributed by atoms with Gasteiger partial charge in [-0.1, -0.05) is 0 Å². The zero-order valence-electron chi connectivity index (χ0n) is 11.6. The van der Waals surface area contributed by atoms with Crippen LogP contribution in [0.4, 0.5) is 11.6 Å². The van der Waals surface area contributed by atoms with Gasteiger partial charge in [0.05, 0.1) is 17.6 Å². The van der Waals surface area contributed by atoms with Crippen molar-refractivity contribution in [1.29, 1.82) is 5.26 Å². The number of nitrogens with two attached hydrogens (primary N) is 1. The molecular weight excluding hydrogens is 288 g/mol. The van der Waals surface area contributed by atoms with Gasteiger partial charge in [0.15, 0.2) is 0 Å². The van der Waals surface area contributed by atoms with Crippen LogP contribution in [-0.2, 0) is 4.79 Å². The lowest BCUT2D eigenvalue weighted by Gasteiger charge is -2.04. The van der Waals surface area contributed by atoms with Crippen molar-refractivity contribution in [2.75, 3.05) is 16.8 Å². The van der Waals surface area contributed by atoms with Crippen molar-refractivity contribution in [2.45, 2.75) is 18.7 Å². The van der Waals surface area contributed by atoms with Crippen LogP contribution in [-0.4, -0.2) is 16.6 Å². The first-order valence-electron chi connectivity index (χ1n) is 6.15. The van der Waals surface area contributed by atoms with E-state index in [1.54, 1.807) is 26.1 Å². The Morgan fingerprint density at radius 3 is 3.00 bits per heavy atom. The van der Waals surface area contributed by atoms with Crippen molar-refractivity contribution in [2.24, 2.45) is 0 Å². The maximum absolute atomic E-state index is 11.9. The van der Waals surface area contributed by atoms with E-state index < -0.39 is 0 Å². The van der Waals surface area contributed by atoms with Crippen LogP contribution in [0.5, 0.6) is 0 Å². The van der Waals surface area contributed by atoms with E-state index in [4.69, 9.17) is 15.4 Å². The Kier molecular flexibility index (Phi) is 4.50. The lowest BCUT2D eigenvalue weighted by molar-refractivity contribution is -0.113. The topological polar surface area (TPSA) is 105 Å². The summed E-state index contributed by atoms with van der Waals surface area (Å²) in [5.74, 6) is 0.716. The van der Waals surface area contributed by atoms with E-state index >= 15 is 0 Å². The predicted octanol–water partition coefficient (Wildman–Crippen LogP) is 2.48. The molecule has 0 atom stereocenters. The number of carbonyl (C=O) groups excluding carboxylic acids is 1. The van der Waals surface area contributed by atoms with E-state index in [2.05, 4.69) is 10.3 Å². The number of rotatable bonds is 4. The molecule has 2 aromatic heterocycles. The number of hydrogen-bond acceptors (Lipinski definition) is 6. The van der Waals surface area contributed by atoms with Gasteiger partial charge in [-0.25, -0.2) is 0 Å². The second-order valence-corrected chi connectivity index (χ2v) is 5.37. The van der Waals surface area contributed by atoms with Gasteiger partial charge in [0.2, 0.25) is 11.8 Å². The maximum Gasteiger partial charge on any atom is 0.237 e. The number of hydrogen-bond donors (Lipinski definition) is 2. The highest BCUT2D eigenvalue weighted by Gasteiger charge is 2.16. The van der Waals surface area contributed by atoms with Crippen molar-refractivity contribution in [3.63, 3.8) is 0 Å². The molecule has 0 spiro atoms. The molecule has 0 aromatic carbocycles. The lowest BCUT2D eigenvalue weighted by atomic mass is 10.2. The third-order valence-corrected chi connectivity index (χ3v) is 4.01. The minimum atomic E-state index is -0.263. The van der Waals surface area contributed by atoms with E-state index in [-0.39, 0.29) is 17.5 Å². The number of amides is 1. The van der Waals surface area contributed by atoms with E-state index in [0.717, 1.165) is 10.5 Å². The molecule has 108 valence electrons. The number of nitrogens with one attached hydrogen (secondary N) is 1. The number of aryl methyl sites for hydroxylation is 1. The largest absolute Gasteiger partial charge is 0.444 e. The molecule has 0 unspecified atom stereocenters. The first-order chi connectivity index (χ1) is 10.0. The summed E-state index contributed by atoms with van der Waals surface area (Å²) in [6.45, 7) is 3.53. The summed E-state index contributed by atoms with van der Waals surface area (Å²) >= 11 is 1.30. The smallest absolute Gasteiger partial charge is 0.237 e. The second-order valence-electron chi connectivity index (χ2n) is 4.35. The van der Waals surface area contributed by atoms with Crippen molar-refractivity contribution in [3.05, 3.63) is 35.3 Å². The molecule has 0 radical (unpaired) electrons. The van der Waals surface area contributed by atoms with Crippen LogP contribution in [0.2, 0.25) is 0 Å². The fraction of sp³-hybridized carbons (Fsp3) is 0.214. The third kappa shape index (κ3) is 3.35. The molecule has 6 nitrogen and oxygen atoms in total. The highest BCUT2D eigenvalue weighted by molar-refractivity contribution is 8.00. The van der Waals surface area contributed by atoms with E-state index in [1.165, 1.54) is 18.0 Å². The van der Waals surface area contributed by atoms with Crippen LogP contribution in [0.25, 0.3) is 0 Å². The summed E-state index contributed by atoms with van der Waals surface area (Å²) in [7, 11) is 0. The highest BCUT2D eigenvalue weighted by atomic mass is 32.2. The third-order valence-electron chi connectivity index (χ3n) is 2.92. The van der Waals surface area contributed by atoms with Gasteiger partial charge in [0, 0.05) is 16.7 Å². The number of aromatic nitrogens is 1. The van der Waals surface area contributed by atoms with Crippen molar-refractivity contribution < 1.29 is 9.21 Å². The molecule has 2 aromatic rings. The monoisotopic (exact) mass is 302 g/mol. The summed E-state index contributed by atoms with van der Waals surface area (Å²) in [5, 5.41) is 11.7. The summed E-state index contributed by atoms with van der Waals surface area (Å²) in [5.41, 5.74) is 7.37. The van der Waals surface area contributed by atoms with Gasteiger partial charge < -0.3 is 10.2 Å². The zero-order chi connectivity index (χ0) is 15.4. The van der Waals surface area contributed by atoms with Gasteiger partial charge in [-0.15, -0.1) is 11.8 Å². The average Bonchev–Trinajstić information content (AvgIpc) is 2.72. The first-order valence-corrected chi connectivity index (χ1v) is 7.13. The van der Waals surface area contributed by atoms with Gasteiger partial charge in [-0.3, -0.25) is 15.1 Å². The Morgan fingerprint density at radius 2 is 2.33 bits per heavy atom. The molecule has 3 N–H and O–H groups in total. The Morgan fingerprint density at radius 1 is 1.57 bits per heavy atom. The highest BCUT2D eigenvalue weighted by Crippen LogP contribution is 2.27. The number of pyridine rings is 1. The Labute approximate surface area is 126 Å². The molecular formula is C14H14N4O2S. The predicted molar refractivity (Wildman–Crippen MR) is 80.9 cm³/mol. The maximum atomic E-state index is 11.9. The van der Waals surface area contributed by atoms with Crippen LogP contribution >= 0.6 is 11.8 Å².